The first-order valence-electron chi connectivity index (χ1n) is 8.01. The van der Waals surface area contributed by atoms with Crippen LogP contribution in [0, 0.1) is 16.0 Å². The lowest BCUT2D eigenvalue weighted by Crippen LogP contribution is -2.18. The first kappa shape index (κ1) is 18.1. The molecule has 122 valence electrons. The van der Waals surface area contributed by atoms with Gasteiger partial charge in [-0.3, -0.25) is 14.9 Å². The van der Waals surface area contributed by atoms with Crippen LogP contribution in [0.5, 0.6) is 5.75 Å². The Kier molecular flexibility index (Phi) is 8.18. The molecule has 1 unspecified atom stereocenters. The van der Waals surface area contributed by atoms with Crippen molar-refractivity contribution in [2.45, 2.75) is 58.8 Å². The maximum Gasteiger partial charge on any atom is 0.314 e. The smallest absolute Gasteiger partial charge is 0.314 e. The number of unbranched alkanes of at least 4 members (excludes halogenated alkanes) is 5. The highest BCUT2D eigenvalue weighted by Gasteiger charge is 2.20. The lowest BCUT2D eigenvalue weighted by molar-refractivity contribution is -0.385. The monoisotopic (exact) mass is 307 g/mol. The molecule has 1 atom stereocenters. The van der Waals surface area contributed by atoms with E-state index >= 15 is 0 Å². The third kappa shape index (κ3) is 6.24. The van der Waals surface area contributed by atoms with Crippen molar-refractivity contribution in [2.24, 2.45) is 5.92 Å². The van der Waals surface area contributed by atoms with Gasteiger partial charge >= 0.3 is 11.7 Å². The Bertz CT molecular complexity index is 487. The predicted molar refractivity (Wildman–Crippen MR) is 85.9 cm³/mol. The van der Waals surface area contributed by atoms with E-state index in [9.17, 15) is 14.9 Å². The highest BCUT2D eigenvalue weighted by molar-refractivity contribution is 5.75. The molecular formula is C17H25NO4. The van der Waals surface area contributed by atoms with Crippen molar-refractivity contribution < 1.29 is 14.5 Å². The number of para-hydroxylation sites is 2. The molecule has 0 aliphatic heterocycles. The number of nitrogens with zero attached hydrogens (tertiary/aromatic N) is 1. The van der Waals surface area contributed by atoms with Gasteiger partial charge in [0.05, 0.1) is 10.8 Å². The fraction of sp³-hybridized carbons (Fsp3) is 0.588. The summed E-state index contributed by atoms with van der Waals surface area (Å²) in [6.07, 6.45) is 7.77. The minimum Gasteiger partial charge on any atom is -0.419 e. The molecule has 0 saturated carbocycles. The third-order valence-corrected chi connectivity index (χ3v) is 3.67. The van der Waals surface area contributed by atoms with Crippen LogP contribution in [-0.4, -0.2) is 10.9 Å². The third-order valence-electron chi connectivity index (χ3n) is 3.67. The van der Waals surface area contributed by atoms with Gasteiger partial charge in [-0.05, 0) is 12.5 Å². The van der Waals surface area contributed by atoms with Gasteiger partial charge in [0.15, 0.2) is 0 Å². The number of benzene rings is 1. The summed E-state index contributed by atoms with van der Waals surface area (Å²) in [5.41, 5.74) is -0.178. The van der Waals surface area contributed by atoms with E-state index in [0.717, 1.165) is 19.3 Å². The molecule has 0 fully saturated rings. The standard InChI is InChI=1S/C17H25NO4/c1-3-4-5-6-7-8-11-14(2)17(19)22-16-13-10-9-12-15(16)18(20)21/h9-10,12-14H,3-8,11H2,1-2H3. The van der Waals surface area contributed by atoms with E-state index in [1.165, 1.54) is 37.8 Å². The normalized spacial score (nSPS) is 11.9. The maximum absolute atomic E-state index is 12.0. The summed E-state index contributed by atoms with van der Waals surface area (Å²) in [7, 11) is 0. The van der Waals surface area contributed by atoms with Crippen LogP contribution in [0.25, 0.3) is 0 Å². The first-order chi connectivity index (χ1) is 10.6. The number of carbonyl (C=O) groups excluding carboxylic acids is 1. The largest absolute Gasteiger partial charge is 0.419 e. The Labute approximate surface area is 131 Å². The highest BCUT2D eigenvalue weighted by atomic mass is 16.6. The maximum atomic E-state index is 12.0. The first-order valence-corrected chi connectivity index (χ1v) is 8.01. The van der Waals surface area contributed by atoms with Crippen molar-refractivity contribution >= 4 is 11.7 Å². The van der Waals surface area contributed by atoms with E-state index in [1.807, 2.05) is 6.92 Å². The van der Waals surface area contributed by atoms with Crippen LogP contribution in [0.4, 0.5) is 5.69 Å². The topological polar surface area (TPSA) is 69.4 Å². The summed E-state index contributed by atoms with van der Waals surface area (Å²) >= 11 is 0. The lowest BCUT2D eigenvalue weighted by atomic mass is 10.0. The number of hydrogen-bond acceptors (Lipinski definition) is 4. The van der Waals surface area contributed by atoms with Crippen molar-refractivity contribution in [1.29, 1.82) is 0 Å². The zero-order valence-electron chi connectivity index (χ0n) is 13.4. The van der Waals surface area contributed by atoms with Crippen LogP contribution in [0.1, 0.15) is 58.8 Å². The molecule has 1 rings (SSSR count). The Hall–Kier alpha value is -1.91. The molecule has 0 aliphatic carbocycles. The molecule has 0 aromatic heterocycles. The summed E-state index contributed by atoms with van der Waals surface area (Å²) in [4.78, 5) is 22.4. The number of rotatable bonds is 10. The van der Waals surface area contributed by atoms with Crippen LogP contribution in [0.3, 0.4) is 0 Å². The Morgan fingerprint density at radius 1 is 1.18 bits per heavy atom. The summed E-state index contributed by atoms with van der Waals surface area (Å²) < 4.78 is 5.18. The number of nitro benzene ring substituents is 1. The lowest BCUT2D eigenvalue weighted by Gasteiger charge is -2.11. The second-order valence-corrected chi connectivity index (χ2v) is 5.60. The second-order valence-electron chi connectivity index (χ2n) is 5.60. The summed E-state index contributed by atoms with van der Waals surface area (Å²) in [5.74, 6) is -0.624. The van der Waals surface area contributed by atoms with Gasteiger partial charge in [-0.1, -0.05) is 64.5 Å². The average Bonchev–Trinajstić information content (AvgIpc) is 2.50. The van der Waals surface area contributed by atoms with Gasteiger partial charge in [-0.2, -0.15) is 0 Å². The van der Waals surface area contributed by atoms with Crippen LogP contribution >= 0.6 is 0 Å². The van der Waals surface area contributed by atoms with Gasteiger partial charge in [0.1, 0.15) is 0 Å². The molecule has 0 amide bonds. The van der Waals surface area contributed by atoms with Gasteiger partial charge in [-0.15, -0.1) is 0 Å². The zero-order valence-corrected chi connectivity index (χ0v) is 13.4. The molecule has 1 aromatic rings. The van der Waals surface area contributed by atoms with Gasteiger partial charge < -0.3 is 4.74 Å². The fourth-order valence-electron chi connectivity index (χ4n) is 2.25. The number of carbonyl (C=O) groups is 1. The van der Waals surface area contributed by atoms with Crippen molar-refractivity contribution in [3.63, 3.8) is 0 Å². The van der Waals surface area contributed by atoms with Crippen molar-refractivity contribution in [1.82, 2.24) is 0 Å². The van der Waals surface area contributed by atoms with Gasteiger partial charge in [0, 0.05) is 6.07 Å². The zero-order chi connectivity index (χ0) is 16.4. The van der Waals surface area contributed by atoms with Gasteiger partial charge in [0.25, 0.3) is 0 Å². The number of esters is 1. The van der Waals surface area contributed by atoms with E-state index in [0.29, 0.717) is 0 Å². The van der Waals surface area contributed by atoms with Crippen LogP contribution in [-0.2, 0) is 4.79 Å². The molecule has 0 heterocycles. The van der Waals surface area contributed by atoms with Crippen molar-refractivity contribution in [3.05, 3.63) is 34.4 Å². The highest BCUT2D eigenvalue weighted by Crippen LogP contribution is 2.27. The molecule has 0 N–H and O–H groups in total. The second kappa shape index (κ2) is 9.92. The molecule has 0 aliphatic rings. The summed E-state index contributed by atoms with van der Waals surface area (Å²) in [6.45, 7) is 3.99. The Morgan fingerprint density at radius 3 is 2.50 bits per heavy atom. The van der Waals surface area contributed by atoms with E-state index in [4.69, 9.17) is 4.74 Å². The molecule has 0 radical (unpaired) electrons. The Morgan fingerprint density at radius 2 is 1.82 bits per heavy atom. The molecule has 5 heteroatoms. The van der Waals surface area contributed by atoms with Crippen LogP contribution in [0.15, 0.2) is 24.3 Å². The van der Waals surface area contributed by atoms with E-state index in [-0.39, 0.29) is 17.4 Å². The van der Waals surface area contributed by atoms with E-state index in [1.54, 1.807) is 12.1 Å². The SMILES string of the molecule is CCCCCCCCC(C)C(=O)Oc1ccccc1[N+](=O)[O-]. The molecule has 0 saturated heterocycles. The minimum atomic E-state index is -0.541. The summed E-state index contributed by atoms with van der Waals surface area (Å²) in [5, 5.41) is 10.9. The summed E-state index contributed by atoms with van der Waals surface area (Å²) in [6, 6.07) is 5.96. The minimum absolute atomic E-state index is 0.0206. The van der Waals surface area contributed by atoms with E-state index in [2.05, 4.69) is 6.92 Å². The van der Waals surface area contributed by atoms with Crippen molar-refractivity contribution in [2.75, 3.05) is 0 Å². The fourth-order valence-corrected chi connectivity index (χ4v) is 2.25. The van der Waals surface area contributed by atoms with Crippen molar-refractivity contribution in [3.8, 4) is 5.75 Å². The van der Waals surface area contributed by atoms with Crippen LogP contribution in [0.2, 0.25) is 0 Å². The molecule has 22 heavy (non-hydrogen) atoms. The molecular weight excluding hydrogens is 282 g/mol. The number of hydrogen-bond donors (Lipinski definition) is 0. The molecule has 0 bridgehead atoms. The molecule has 1 aromatic carbocycles. The Balaban J connectivity index is 2.40. The number of nitro groups is 1. The van der Waals surface area contributed by atoms with Gasteiger partial charge in [0.2, 0.25) is 5.75 Å². The predicted octanol–water partition coefficient (Wildman–Crippen LogP) is 4.89. The van der Waals surface area contributed by atoms with Gasteiger partial charge in [-0.25, -0.2) is 0 Å². The molecule has 0 spiro atoms. The van der Waals surface area contributed by atoms with Crippen LogP contribution < -0.4 is 4.74 Å². The number of ether oxygens (including phenoxy) is 1. The quantitative estimate of drug-likeness (QED) is 0.203. The molecule has 5 nitrogen and oxygen atoms in total. The average molecular weight is 307 g/mol. The van der Waals surface area contributed by atoms with E-state index < -0.39 is 10.9 Å².